The molecule has 4 rings (SSSR count). The Morgan fingerprint density at radius 2 is 1.20 bits per heavy atom. The average molecular weight is 794 g/mol. The molecule has 0 bridgehead atoms. The van der Waals surface area contributed by atoms with Gasteiger partial charge in [-0.05, 0) is 75.3 Å². The largest absolute Gasteiger partial charge is 0.451 e. The van der Waals surface area contributed by atoms with Gasteiger partial charge in [-0.25, -0.2) is 18.6 Å². The van der Waals surface area contributed by atoms with E-state index in [1.165, 1.54) is 18.0 Å². The van der Waals surface area contributed by atoms with Crippen molar-refractivity contribution in [2.24, 2.45) is 4.40 Å². The predicted molar refractivity (Wildman–Crippen MR) is 217 cm³/mol. The fraction of sp³-hybridized carbons (Fsp3) is 0.415. The first kappa shape index (κ1) is 42.9. The summed E-state index contributed by atoms with van der Waals surface area (Å²) >= 11 is 1.27. The molecule has 0 radical (unpaired) electrons. The van der Waals surface area contributed by atoms with Gasteiger partial charge in [0.05, 0.1) is 27.5 Å². The second-order valence-corrected chi connectivity index (χ2v) is 23.1. The van der Waals surface area contributed by atoms with Crippen LogP contribution in [0, 0.1) is 0 Å². The third-order valence-electron chi connectivity index (χ3n) is 9.06. The van der Waals surface area contributed by atoms with Gasteiger partial charge in [0.2, 0.25) is 0 Å². The highest BCUT2D eigenvalue weighted by Gasteiger charge is 2.53. The van der Waals surface area contributed by atoms with Crippen molar-refractivity contribution in [2.75, 3.05) is 5.75 Å². The topological polar surface area (TPSA) is 127 Å². The quantitative estimate of drug-likeness (QED) is 0.0518. The summed E-state index contributed by atoms with van der Waals surface area (Å²) in [6, 6.07) is 25.0. The zero-order valence-electron chi connectivity index (χ0n) is 32.1. The summed E-state index contributed by atoms with van der Waals surface area (Å²) in [6.07, 6.45) is -2.67. The van der Waals surface area contributed by atoms with Crippen LogP contribution in [-0.4, -0.2) is 83.1 Å². The van der Waals surface area contributed by atoms with Gasteiger partial charge in [0.1, 0.15) is 22.5 Å². The number of thioether (sulfide) groups is 1. The van der Waals surface area contributed by atoms with E-state index in [9.17, 15) is 18.6 Å². The minimum absolute atomic E-state index is 0.0785. The average Bonchev–Trinajstić information content (AvgIpc) is 3.14. The van der Waals surface area contributed by atoms with E-state index >= 15 is 0 Å². The Kier molecular flexibility index (Phi) is 14.8. The van der Waals surface area contributed by atoms with Crippen molar-refractivity contribution in [2.45, 2.75) is 100 Å². The molecular weight excluding hydrogens is 743 g/mol. The third-order valence-corrected chi connectivity index (χ3v) is 16.2. The molecule has 3 aromatic carbocycles. The van der Waals surface area contributed by atoms with Gasteiger partial charge < -0.3 is 23.4 Å². The van der Waals surface area contributed by atoms with Gasteiger partial charge in [-0.3, -0.25) is 0 Å². The maximum Gasteiger partial charge on any atom is 0.338 e. The minimum Gasteiger partial charge on any atom is -0.451 e. The molecule has 1 fully saturated rings. The normalized spacial score (nSPS) is 21.8. The number of hydrogen-bond donors (Lipinski definition) is 0. The first-order valence-corrected chi connectivity index (χ1v) is 22.8. The lowest BCUT2D eigenvalue weighted by molar-refractivity contribution is -0.181. The second kappa shape index (κ2) is 18.6. The molecular formula is C41H51NO9S2Si. The Morgan fingerprint density at radius 1 is 0.778 bits per heavy atom. The lowest BCUT2D eigenvalue weighted by Crippen LogP contribution is -2.61. The number of ether oxygens (including phenoxy) is 4. The molecule has 13 heteroatoms. The fourth-order valence-electron chi connectivity index (χ4n) is 4.95. The molecule has 0 aliphatic carbocycles. The molecule has 1 heterocycles. The fourth-order valence-corrected chi connectivity index (χ4v) is 8.10. The monoisotopic (exact) mass is 793 g/mol. The summed E-state index contributed by atoms with van der Waals surface area (Å²) in [5.41, 5.74) is -0.307. The zero-order valence-corrected chi connectivity index (χ0v) is 34.8. The maximum atomic E-state index is 13.8. The summed E-state index contributed by atoms with van der Waals surface area (Å²) in [5, 5.41) is -0.0785. The minimum atomic E-state index is -2.25. The Hall–Kier alpha value is -3.88. The lowest BCUT2D eigenvalue weighted by atomic mass is 9.99. The molecule has 290 valence electrons. The third kappa shape index (κ3) is 11.6. The van der Waals surface area contributed by atoms with E-state index < -0.39 is 77.9 Å². The number of esters is 3. The van der Waals surface area contributed by atoms with Crippen LogP contribution in [-0.2, 0) is 34.4 Å². The Balaban J connectivity index is 1.83. The highest BCUT2D eigenvalue weighted by molar-refractivity contribution is 7.99. The first-order valence-electron chi connectivity index (χ1n) is 17.7. The van der Waals surface area contributed by atoms with Gasteiger partial charge >= 0.3 is 17.9 Å². The summed E-state index contributed by atoms with van der Waals surface area (Å²) in [4.78, 5) is 41.3. The summed E-state index contributed by atoms with van der Waals surface area (Å²) < 4.78 is 48.5. The molecule has 0 aromatic heterocycles. The Bertz CT molecular complexity index is 1780. The standard InChI is InChI=1S/C41H51NO9S2Si/c1-10-31(51-54(8,9)41(5,6)7)27-52-39-35(50-38(45)30-24-18-13-19-25-30)34(49-37(44)29-22-16-12-17-23-29)33(48-36(43)28-20-14-11-15-21-28)32(47-39)26-42-53(46)40(2,3)4/h10-26,31-35,39H,1,27H2,2-9H3/b42-26+/t31?,32-,33+,34+,35-,39-,53-/m1/s1. The smallest absolute Gasteiger partial charge is 0.338 e. The van der Waals surface area contributed by atoms with Crippen molar-refractivity contribution in [3.8, 4) is 0 Å². The van der Waals surface area contributed by atoms with Gasteiger partial charge in [0.15, 0.2) is 26.6 Å². The van der Waals surface area contributed by atoms with Crippen molar-refractivity contribution in [1.82, 2.24) is 0 Å². The highest BCUT2D eigenvalue weighted by atomic mass is 32.2. The van der Waals surface area contributed by atoms with Crippen LogP contribution in [0.25, 0.3) is 0 Å². The van der Waals surface area contributed by atoms with Gasteiger partial charge in [0.25, 0.3) is 0 Å². The van der Waals surface area contributed by atoms with E-state index in [4.69, 9.17) is 23.4 Å². The predicted octanol–water partition coefficient (Wildman–Crippen LogP) is 8.23. The molecule has 7 atom stereocenters. The van der Waals surface area contributed by atoms with E-state index in [1.54, 1.807) is 118 Å². The summed E-state index contributed by atoms with van der Waals surface area (Å²) in [5.74, 6) is -1.87. The number of carbonyl (C=O) groups is 3. The number of carbonyl (C=O) groups excluding carboxylic acids is 3. The van der Waals surface area contributed by atoms with Crippen molar-refractivity contribution >= 4 is 55.2 Å². The molecule has 1 saturated heterocycles. The zero-order chi connectivity index (χ0) is 39.7. The van der Waals surface area contributed by atoms with Crippen molar-refractivity contribution < 1.29 is 42.0 Å². The van der Waals surface area contributed by atoms with Crippen LogP contribution in [0.1, 0.15) is 72.6 Å². The van der Waals surface area contributed by atoms with E-state index in [1.807, 2.05) is 0 Å². The second-order valence-electron chi connectivity index (χ2n) is 15.3. The molecule has 1 aliphatic rings. The summed E-state index contributed by atoms with van der Waals surface area (Å²) in [7, 11) is -3.97. The van der Waals surface area contributed by atoms with Crippen molar-refractivity contribution in [3.05, 3.63) is 120 Å². The van der Waals surface area contributed by atoms with E-state index in [2.05, 4.69) is 44.8 Å². The molecule has 1 unspecified atom stereocenters. The molecule has 10 nitrogen and oxygen atoms in total. The Labute approximate surface area is 326 Å². The van der Waals surface area contributed by atoms with Crippen LogP contribution in [0.15, 0.2) is 108 Å². The number of rotatable bonds is 14. The van der Waals surface area contributed by atoms with E-state index in [-0.39, 0.29) is 21.7 Å². The van der Waals surface area contributed by atoms with Crippen LogP contribution in [0.5, 0.6) is 0 Å². The van der Waals surface area contributed by atoms with Crippen LogP contribution in [0.3, 0.4) is 0 Å². The van der Waals surface area contributed by atoms with Crippen molar-refractivity contribution in [3.63, 3.8) is 0 Å². The van der Waals surface area contributed by atoms with E-state index in [0.29, 0.717) is 5.75 Å². The van der Waals surface area contributed by atoms with Gasteiger partial charge in [-0.15, -0.1) is 18.3 Å². The number of benzene rings is 3. The van der Waals surface area contributed by atoms with Gasteiger partial charge in [-0.2, -0.15) is 4.40 Å². The highest BCUT2D eigenvalue weighted by Crippen LogP contribution is 2.39. The van der Waals surface area contributed by atoms with Gasteiger partial charge in [0, 0.05) is 12.0 Å². The molecule has 0 saturated carbocycles. The van der Waals surface area contributed by atoms with Crippen LogP contribution >= 0.6 is 11.8 Å². The molecule has 54 heavy (non-hydrogen) atoms. The van der Waals surface area contributed by atoms with E-state index in [0.717, 1.165) is 0 Å². The SMILES string of the molecule is C=CC(CS[C@H]1O[C@H](/C=N/[S@](=O)C(C)(C)C)[C@H](OC(=O)c2ccccc2)[C@H](OC(=O)c2ccccc2)[C@H]1OC(=O)c1ccccc1)O[Si](C)(C)C(C)(C)C. The van der Waals surface area contributed by atoms with Crippen molar-refractivity contribution in [1.29, 1.82) is 0 Å². The molecule has 0 spiro atoms. The first-order chi connectivity index (χ1) is 25.4. The number of hydrogen-bond acceptors (Lipinski definition) is 10. The number of nitrogens with zero attached hydrogens (tertiary/aromatic N) is 1. The lowest BCUT2D eigenvalue weighted by Gasteiger charge is -2.44. The summed E-state index contributed by atoms with van der Waals surface area (Å²) in [6.45, 7) is 20.1. The van der Waals surface area contributed by atoms with Gasteiger partial charge in [-0.1, -0.05) is 81.4 Å². The molecule has 0 N–H and O–H groups in total. The van der Waals surface area contributed by atoms with Crippen LogP contribution < -0.4 is 0 Å². The molecule has 3 aromatic rings. The molecule has 1 aliphatic heterocycles. The van der Waals surface area contributed by atoms with Crippen LogP contribution in [0.2, 0.25) is 18.1 Å². The van der Waals surface area contributed by atoms with Crippen LogP contribution in [0.4, 0.5) is 0 Å². The Morgan fingerprint density at radius 3 is 1.61 bits per heavy atom. The molecule has 0 amide bonds. The maximum absolute atomic E-state index is 13.8.